The number of hydrogen-bond donors (Lipinski definition) is 0. The molecule has 1 aliphatic carbocycles. The fourth-order valence-electron chi connectivity index (χ4n) is 2.15. The lowest BCUT2D eigenvalue weighted by Gasteiger charge is -2.10. The Hall–Kier alpha value is -1.55. The van der Waals surface area contributed by atoms with Crippen molar-refractivity contribution < 1.29 is 0 Å². The maximum absolute atomic E-state index is 4.41. The van der Waals surface area contributed by atoms with Gasteiger partial charge in [-0.05, 0) is 25.3 Å². The quantitative estimate of drug-likeness (QED) is 0.596. The SMILES string of the molecule is C=C(C)CSc1nnc(C2CC2)n1Cc1ccccc1. The lowest BCUT2D eigenvalue weighted by atomic mass is 10.2. The molecule has 3 nitrogen and oxygen atoms in total. The summed E-state index contributed by atoms with van der Waals surface area (Å²) in [5.74, 6) is 2.67. The Morgan fingerprint density at radius 2 is 2.05 bits per heavy atom. The van der Waals surface area contributed by atoms with E-state index in [1.165, 1.54) is 18.4 Å². The smallest absolute Gasteiger partial charge is 0.191 e. The molecule has 2 aromatic rings. The van der Waals surface area contributed by atoms with E-state index in [4.69, 9.17) is 0 Å². The molecule has 1 aromatic heterocycles. The van der Waals surface area contributed by atoms with Crippen LogP contribution < -0.4 is 0 Å². The van der Waals surface area contributed by atoms with Crippen molar-refractivity contribution in [3.05, 3.63) is 53.9 Å². The van der Waals surface area contributed by atoms with Gasteiger partial charge >= 0.3 is 0 Å². The summed E-state index contributed by atoms with van der Waals surface area (Å²) in [5.41, 5.74) is 2.46. The predicted octanol–water partition coefficient (Wildman–Crippen LogP) is 3.87. The maximum Gasteiger partial charge on any atom is 0.191 e. The summed E-state index contributed by atoms with van der Waals surface area (Å²) < 4.78 is 2.28. The number of thioether (sulfide) groups is 1. The minimum absolute atomic E-state index is 0.616. The molecule has 3 rings (SSSR count). The second-order valence-corrected chi connectivity index (χ2v) is 6.38. The van der Waals surface area contributed by atoms with Crippen LogP contribution in [0.1, 0.15) is 37.1 Å². The van der Waals surface area contributed by atoms with Crippen LogP contribution in [-0.2, 0) is 6.54 Å². The maximum atomic E-state index is 4.41. The molecule has 0 spiro atoms. The molecule has 0 radical (unpaired) electrons. The fraction of sp³-hybridized carbons (Fsp3) is 0.375. The number of nitrogens with zero attached hydrogens (tertiary/aromatic N) is 3. The van der Waals surface area contributed by atoms with Crippen LogP contribution in [0.15, 0.2) is 47.6 Å². The zero-order chi connectivity index (χ0) is 13.9. The average Bonchev–Trinajstić information content (AvgIpc) is 3.21. The number of aromatic nitrogens is 3. The van der Waals surface area contributed by atoms with Gasteiger partial charge in [0.15, 0.2) is 5.16 Å². The molecule has 1 heterocycles. The Kier molecular flexibility index (Phi) is 3.92. The monoisotopic (exact) mass is 285 g/mol. The number of benzene rings is 1. The van der Waals surface area contributed by atoms with Crippen molar-refractivity contribution >= 4 is 11.8 Å². The molecular weight excluding hydrogens is 266 g/mol. The van der Waals surface area contributed by atoms with Gasteiger partial charge in [0.1, 0.15) is 5.82 Å². The molecule has 20 heavy (non-hydrogen) atoms. The first-order valence-corrected chi connectivity index (χ1v) is 7.97. The highest BCUT2D eigenvalue weighted by molar-refractivity contribution is 7.99. The van der Waals surface area contributed by atoms with Gasteiger partial charge in [-0.15, -0.1) is 10.2 Å². The van der Waals surface area contributed by atoms with Crippen molar-refractivity contribution in [2.24, 2.45) is 0 Å². The molecular formula is C16H19N3S. The average molecular weight is 285 g/mol. The Morgan fingerprint density at radius 3 is 2.70 bits per heavy atom. The van der Waals surface area contributed by atoms with Gasteiger partial charge in [-0.25, -0.2) is 0 Å². The normalized spacial score (nSPS) is 14.4. The van der Waals surface area contributed by atoms with Crippen molar-refractivity contribution in [3.63, 3.8) is 0 Å². The van der Waals surface area contributed by atoms with Gasteiger partial charge in [0.25, 0.3) is 0 Å². The molecule has 0 unspecified atom stereocenters. The van der Waals surface area contributed by atoms with Gasteiger partial charge in [0, 0.05) is 11.7 Å². The Bertz CT molecular complexity index is 599. The molecule has 0 N–H and O–H groups in total. The van der Waals surface area contributed by atoms with Crippen molar-refractivity contribution in [2.75, 3.05) is 5.75 Å². The van der Waals surface area contributed by atoms with Crippen molar-refractivity contribution in [1.82, 2.24) is 14.8 Å². The van der Waals surface area contributed by atoms with Gasteiger partial charge in [0.2, 0.25) is 0 Å². The van der Waals surface area contributed by atoms with Crippen LogP contribution in [-0.4, -0.2) is 20.5 Å². The first-order chi connectivity index (χ1) is 9.74. The molecule has 0 saturated heterocycles. The van der Waals surface area contributed by atoms with E-state index in [1.807, 2.05) is 13.0 Å². The summed E-state index contributed by atoms with van der Waals surface area (Å²) in [6.07, 6.45) is 2.50. The topological polar surface area (TPSA) is 30.7 Å². The predicted molar refractivity (Wildman–Crippen MR) is 83.1 cm³/mol. The Balaban J connectivity index is 1.85. The molecule has 104 valence electrons. The van der Waals surface area contributed by atoms with E-state index in [9.17, 15) is 0 Å². The second kappa shape index (κ2) is 5.83. The fourth-order valence-corrected chi connectivity index (χ4v) is 2.94. The van der Waals surface area contributed by atoms with E-state index in [2.05, 4.69) is 45.6 Å². The van der Waals surface area contributed by atoms with E-state index in [0.29, 0.717) is 5.92 Å². The zero-order valence-corrected chi connectivity index (χ0v) is 12.6. The zero-order valence-electron chi connectivity index (χ0n) is 11.7. The third kappa shape index (κ3) is 3.12. The highest BCUT2D eigenvalue weighted by Gasteiger charge is 2.30. The largest absolute Gasteiger partial charge is 0.301 e. The summed E-state index contributed by atoms with van der Waals surface area (Å²) in [5, 5.41) is 9.81. The summed E-state index contributed by atoms with van der Waals surface area (Å²) in [7, 11) is 0. The first kappa shape index (κ1) is 13.4. The number of hydrogen-bond acceptors (Lipinski definition) is 3. The van der Waals surface area contributed by atoms with Gasteiger partial charge < -0.3 is 4.57 Å². The van der Waals surface area contributed by atoms with Crippen LogP contribution in [0, 0.1) is 0 Å². The van der Waals surface area contributed by atoms with Crippen LogP contribution in [0.25, 0.3) is 0 Å². The van der Waals surface area contributed by atoms with Crippen LogP contribution in [0.3, 0.4) is 0 Å². The van der Waals surface area contributed by atoms with E-state index < -0.39 is 0 Å². The molecule has 1 aromatic carbocycles. The van der Waals surface area contributed by atoms with Crippen molar-refractivity contribution in [1.29, 1.82) is 0 Å². The molecule has 0 amide bonds. The Morgan fingerprint density at radius 1 is 1.30 bits per heavy atom. The third-order valence-electron chi connectivity index (χ3n) is 3.32. The van der Waals surface area contributed by atoms with Crippen molar-refractivity contribution in [2.45, 2.75) is 37.4 Å². The van der Waals surface area contributed by atoms with Crippen LogP contribution in [0.5, 0.6) is 0 Å². The lowest BCUT2D eigenvalue weighted by Crippen LogP contribution is -2.06. The molecule has 1 aliphatic rings. The van der Waals surface area contributed by atoms with E-state index in [1.54, 1.807) is 11.8 Å². The first-order valence-electron chi connectivity index (χ1n) is 6.98. The highest BCUT2D eigenvalue weighted by Crippen LogP contribution is 2.40. The summed E-state index contributed by atoms with van der Waals surface area (Å²) >= 11 is 1.73. The third-order valence-corrected chi connectivity index (χ3v) is 4.52. The molecule has 0 atom stereocenters. The van der Waals surface area contributed by atoms with E-state index in [-0.39, 0.29) is 0 Å². The van der Waals surface area contributed by atoms with Gasteiger partial charge in [-0.1, -0.05) is 54.2 Å². The van der Waals surface area contributed by atoms with Gasteiger partial charge in [-0.2, -0.15) is 0 Å². The Labute approximate surface area is 124 Å². The molecule has 1 saturated carbocycles. The molecule has 0 bridgehead atoms. The summed E-state index contributed by atoms with van der Waals surface area (Å²) in [4.78, 5) is 0. The van der Waals surface area contributed by atoms with E-state index >= 15 is 0 Å². The molecule has 0 aliphatic heterocycles. The minimum Gasteiger partial charge on any atom is -0.301 e. The van der Waals surface area contributed by atoms with E-state index in [0.717, 1.165) is 28.9 Å². The minimum atomic E-state index is 0.616. The van der Waals surface area contributed by atoms with Gasteiger partial charge in [-0.3, -0.25) is 0 Å². The highest BCUT2D eigenvalue weighted by atomic mass is 32.2. The standard InChI is InChI=1S/C16H19N3S/c1-12(2)11-20-16-18-17-15(14-8-9-14)19(16)10-13-6-4-3-5-7-13/h3-7,14H,1,8-11H2,2H3. The van der Waals surface area contributed by atoms with Gasteiger partial charge in [0.05, 0.1) is 6.54 Å². The lowest BCUT2D eigenvalue weighted by molar-refractivity contribution is 0.668. The van der Waals surface area contributed by atoms with Crippen LogP contribution in [0.4, 0.5) is 0 Å². The van der Waals surface area contributed by atoms with Crippen LogP contribution in [0.2, 0.25) is 0 Å². The molecule has 1 fully saturated rings. The summed E-state index contributed by atoms with van der Waals surface area (Å²) in [6.45, 7) is 6.87. The second-order valence-electron chi connectivity index (χ2n) is 5.43. The number of rotatable bonds is 6. The van der Waals surface area contributed by atoms with Crippen molar-refractivity contribution in [3.8, 4) is 0 Å². The van der Waals surface area contributed by atoms with Crippen LogP contribution >= 0.6 is 11.8 Å². The molecule has 4 heteroatoms. The summed E-state index contributed by atoms with van der Waals surface area (Å²) in [6, 6.07) is 10.5.